The minimum atomic E-state index is -3.22. The number of halogens is 4. The average molecular weight is 267 g/mol. The zero-order chi connectivity index (χ0) is 13.1. The molecule has 1 aromatic carbocycles. The van der Waals surface area contributed by atoms with E-state index in [0.717, 1.165) is 12.1 Å². The molecule has 3 N–H and O–H groups in total. The van der Waals surface area contributed by atoms with E-state index in [9.17, 15) is 18.0 Å². The molecule has 0 aromatic heterocycles. The number of carbonyl (C=O) groups excluding carboxylic acids is 1. The Morgan fingerprint density at radius 3 is 2.71 bits per heavy atom. The number of rotatable bonds is 4. The summed E-state index contributed by atoms with van der Waals surface area (Å²) in [5.74, 6) is -5.01. The SMILES string of the molecule is NCC(F)(F)CNC(=O)c1cc(Cl)ccc1F. The normalized spacial score (nSPS) is 11.4. The second-order valence-corrected chi connectivity index (χ2v) is 3.80. The van der Waals surface area contributed by atoms with Gasteiger partial charge in [0.1, 0.15) is 5.82 Å². The van der Waals surface area contributed by atoms with Gasteiger partial charge in [0.15, 0.2) is 0 Å². The van der Waals surface area contributed by atoms with Gasteiger partial charge in [-0.05, 0) is 18.2 Å². The predicted octanol–water partition coefficient (Wildman–Crippen LogP) is 1.80. The monoisotopic (exact) mass is 266 g/mol. The smallest absolute Gasteiger partial charge is 0.277 e. The molecule has 0 aliphatic carbocycles. The highest BCUT2D eigenvalue weighted by molar-refractivity contribution is 6.30. The van der Waals surface area contributed by atoms with Crippen molar-refractivity contribution in [1.82, 2.24) is 5.32 Å². The minimum Gasteiger partial charge on any atom is -0.346 e. The van der Waals surface area contributed by atoms with Gasteiger partial charge < -0.3 is 11.1 Å². The molecule has 0 saturated heterocycles. The van der Waals surface area contributed by atoms with E-state index in [4.69, 9.17) is 17.3 Å². The largest absolute Gasteiger partial charge is 0.346 e. The van der Waals surface area contributed by atoms with E-state index in [-0.39, 0.29) is 10.6 Å². The van der Waals surface area contributed by atoms with Gasteiger partial charge in [-0.2, -0.15) is 0 Å². The summed E-state index contributed by atoms with van der Waals surface area (Å²) in [6.45, 7) is -1.85. The zero-order valence-corrected chi connectivity index (χ0v) is 9.40. The van der Waals surface area contributed by atoms with Crippen molar-refractivity contribution in [2.45, 2.75) is 5.92 Å². The van der Waals surface area contributed by atoms with E-state index in [1.807, 2.05) is 5.32 Å². The molecule has 0 saturated carbocycles. The van der Waals surface area contributed by atoms with Crippen molar-refractivity contribution < 1.29 is 18.0 Å². The van der Waals surface area contributed by atoms with Crippen LogP contribution in [0.15, 0.2) is 18.2 Å². The standard InChI is InChI=1S/C10H10ClF3N2O/c11-6-1-2-8(12)7(3-6)9(17)16-5-10(13,14)4-15/h1-3H,4-5,15H2,(H,16,17). The molecule has 17 heavy (non-hydrogen) atoms. The Labute approximate surface area is 101 Å². The van der Waals surface area contributed by atoms with E-state index in [2.05, 4.69) is 0 Å². The number of nitrogens with two attached hydrogens (primary N) is 1. The molecule has 0 fully saturated rings. The quantitative estimate of drug-likeness (QED) is 0.873. The van der Waals surface area contributed by atoms with E-state index < -0.39 is 30.7 Å². The highest BCUT2D eigenvalue weighted by Gasteiger charge is 2.27. The van der Waals surface area contributed by atoms with Crippen LogP contribution in [0.1, 0.15) is 10.4 Å². The summed E-state index contributed by atoms with van der Waals surface area (Å²) in [5.41, 5.74) is 4.40. The van der Waals surface area contributed by atoms with Crippen LogP contribution in [-0.4, -0.2) is 24.9 Å². The van der Waals surface area contributed by atoms with Crippen molar-refractivity contribution in [1.29, 1.82) is 0 Å². The molecular formula is C10H10ClF3N2O. The van der Waals surface area contributed by atoms with Crippen LogP contribution in [0, 0.1) is 5.82 Å². The second kappa shape index (κ2) is 5.37. The van der Waals surface area contributed by atoms with E-state index in [1.54, 1.807) is 0 Å². The lowest BCUT2D eigenvalue weighted by Crippen LogP contribution is -2.41. The Balaban J connectivity index is 2.74. The maximum Gasteiger partial charge on any atom is 0.277 e. The van der Waals surface area contributed by atoms with Crippen LogP contribution in [0.25, 0.3) is 0 Å². The summed E-state index contributed by atoms with van der Waals surface area (Å²) in [6.07, 6.45) is 0. The van der Waals surface area contributed by atoms with Crippen LogP contribution in [0.2, 0.25) is 5.02 Å². The van der Waals surface area contributed by atoms with Crippen LogP contribution < -0.4 is 11.1 Å². The topological polar surface area (TPSA) is 55.1 Å². The Morgan fingerprint density at radius 2 is 2.12 bits per heavy atom. The van der Waals surface area contributed by atoms with Crippen LogP contribution in [0.4, 0.5) is 13.2 Å². The van der Waals surface area contributed by atoms with Gasteiger partial charge in [0, 0.05) is 5.02 Å². The van der Waals surface area contributed by atoms with Gasteiger partial charge in [0.05, 0.1) is 18.7 Å². The number of hydrogen-bond donors (Lipinski definition) is 2. The van der Waals surface area contributed by atoms with E-state index in [0.29, 0.717) is 0 Å². The molecule has 3 nitrogen and oxygen atoms in total. The Bertz CT molecular complexity index is 426. The highest BCUT2D eigenvalue weighted by atomic mass is 35.5. The lowest BCUT2D eigenvalue weighted by Gasteiger charge is -2.14. The Kier molecular flexibility index (Phi) is 4.36. The highest BCUT2D eigenvalue weighted by Crippen LogP contribution is 2.15. The fraction of sp³-hybridized carbons (Fsp3) is 0.300. The molecule has 1 rings (SSSR count). The third-order valence-corrected chi connectivity index (χ3v) is 2.21. The number of carbonyl (C=O) groups is 1. The van der Waals surface area contributed by atoms with Crippen molar-refractivity contribution >= 4 is 17.5 Å². The lowest BCUT2D eigenvalue weighted by atomic mass is 10.2. The van der Waals surface area contributed by atoms with Crippen LogP contribution in [0.5, 0.6) is 0 Å². The van der Waals surface area contributed by atoms with Crippen molar-refractivity contribution in [3.8, 4) is 0 Å². The lowest BCUT2D eigenvalue weighted by molar-refractivity contribution is 0.0118. The first kappa shape index (κ1) is 13.8. The van der Waals surface area contributed by atoms with Crippen molar-refractivity contribution in [3.05, 3.63) is 34.6 Å². The maximum absolute atomic E-state index is 13.2. The van der Waals surface area contributed by atoms with Crippen molar-refractivity contribution in [2.24, 2.45) is 5.73 Å². The molecule has 1 amide bonds. The fourth-order valence-electron chi connectivity index (χ4n) is 1.05. The van der Waals surface area contributed by atoms with E-state index in [1.165, 1.54) is 6.07 Å². The number of amides is 1. The summed E-state index contributed by atoms with van der Waals surface area (Å²) in [5, 5.41) is 2.03. The molecule has 94 valence electrons. The summed E-state index contributed by atoms with van der Waals surface area (Å²) >= 11 is 5.56. The summed E-state index contributed by atoms with van der Waals surface area (Å²) in [7, 11) is 0. The molecule has 0 unspecified atom stereocenters. The molecule has 7 heteroatoms. The summed E-state index contributed by atoms with van der Waals surface area (Å²) in [4.78, 5) is 11.4. The second-order valence-electron chi connectivity index (χ2n) is 3.37. The van der Waals surface area contributed by atoms with Crippen LogP contribution in [-0.2, 0) is 0 Å². The molecule has 0 spiro atoms. The number of benzene rings is 1. The molecule has 0 bridgehead atoms. The molecule has 0 heterocycles. The molecule has 0 aliphatic rings. The number of alkyl halides is 2. The first-order valence-electron chi connectivity index (χ1n) is 4.67. The molecule has 0 atom stereocenters. The molecule has 0 radical (unpaired) electrons. The molecule has 0 aliphatic heterocycles. The van der Waals surface area contributed by atoms with Crippen LogP contribution in [0.3, 0.4) is 0 Å². The van der Waals surface area contributed by atoms with Gasteiger partial charge in [-0.1, -0.05) is 11.6 Å². The van der Waals surface area contributed by atoms with Crippen molar-refractivity contribution in [2.75, 3.05) is 13.1 Å². The zero-order valence-electron chi connectivity index (χ0n) is 8.64. The summed E-state index contributed by atoms with van der Waals surface area (Å²) in [6, 6.07) is 3.30. The van der Waals surface area contributed by atoms with Crippen molar-refractivity contribution in [3.63, 3.8) is 0 Å². The Hall–Kier alpha value is -1.27. The van der Waals surface area contributed by atoms with Gasteiger partial charge in [0.2, 0.25) is 0 Å². The predicted molar refractivity (Wildman–Crippen MR) is 57.7 cm³/mol. The fourth-order valence-corrected chi connectivity index (χ4v) is 1.22. The van der Waals surface area contributed by atoms with Gasteiger partial charge in [0.25, 0.3) is 11.8 Å². The average Bonchev–Trinajstić information content (AvgIpc) is 2.29. The third kappa shape index (κ3) is 3.90. The van der Waals surface area contributed by atoms with Gasteiger partial charge in [-0.15, -0.1) is 0 Å². The van der Waals surface area contributed by atoms with Gasteiger partial charge in [-0.25, -0.2) is 13.2 Å². The van der Waals surface area contributed by atoms with Gasteiger partial charge >= 0.3 is 0 Å². The van der Waals surface area contributed by atoms with Gasteiger partial charge in [-0.3, -0.25) is 4.79 Å². The van der Waals surface area contributed by atoms with E-state index >= 15 is 0 Å². The third-order valence-electron chi connectivity index (χ3n) is 1.98. The first-order chi connectivity index (χ1) is 7.85. The Morgan fingerprint density at radius 1 is 1.47 bits per heavy atom. The minimum absolute atomic E-state index is 0.141. The maximum atomic E-state index is 13.2. The van der Waals surface area contributed by atoms with Crippen LogP contribution >= 0.6 is 11.6 Å². The molecule has 1 aromatic rings. The number of hydrogen-bond acceptors (Lipinski definition) is 2. The molecular weight excluding hydrogens is 257 g/mol. The number of nitrogens with one attached hydrogen (secondary N) is 1. The summed E-state index contributed by atoms with van der Waals surface area (Å²) < 4.78 is 38.7. The first-order valence-corrected chi connectivity index (χ1v) is 5.04.